The Bertz CT molecular complexity index is 167. The topological polar surface area (TPSA) is 49.5 Å². The number of nitrogens with two attached hydrogens (primary N) is 1. The first-order valence-corrected chi connectivity index (χ1v) is 6.27. The van der Waals surface area contributed by atoms with Crippen molar-refractivity contribution in [2.75, 3.05) is 26.7 Å². The summed E-state index contributed by atoms with van der Waals surface area (Å²) in [5.41, 5.74) is 6.21. The highest BCUT2D eigenvalue weighted by molar-refractivity contribution is 4.92. The SMILES string of the molecule is CN(CCCCO)C1(CN)CCCCC1. The molecule has 0 aromatic heterocycles. The molecule has 0 aromatic rings. The molecule has 3 N–H and O–H groups in total. The van der Waals surface area contributed by atoms with Crippen molar-refractivity contribution >= 4 is 0 Å². The molecule has 15 heavy (non-hydrogen) atoms. The fourth-order valence-corrected chi connectivity index (χ4v) is 2.65. The van der Waals surface area contributed by atoms with E-state index in [1.165, 1.54) is 32.1 Å². The van der Waals surface area contributed by atoms with Gasteiger partial charge in [-0.25, -0.2) is 0 Å². The average molecular weight is 214 g/mol. The predicted molar refractivity (Wildman–Crippen MR) is 63.8 cm³/mol. The molecule has 1 saturated carbocycles. The van der Waals surface area contributed by atoms with Gasteiger partial charge in [-0.05, 0) is 39.3 Å². The second kappa shape index (κ2) is 6.46. The Morgan fingerprint density at radius 1 is 1.20 bits per heavy atom. The summed E-state index contributed by atoms with van der Waals surface area (Å²) in [6.07, 6.45) is 8.49. The van der Waals surface area contributed by atoms with E-state index in [1.54, 1.807) is 0 Å². The van der Waals surface area contributed by atoms with E-state index in [0.717, 1.165) is 25.9 Å². The molecule has 0 bridgehead atoms. The minimum Gasteiger partial charge on any atom is -0.396 e. The zero-order chi connectivity index (χ0) is 11.1. The number of hydrogen-bond acceptors (Lipinski definition) is 3. The molecule has 3 nitrogen and oxygen atoms in total. The van der Waals surface area contributed by atoms with Crippen molar-refractivity contribution in [2.24, 2.45) is 5.73 Å². The highest BCUT2D eigenvalue weighted by Crippen LogP contribution is 2.32. The van der Waals surface area contributed by atoms with E-state index in [0.29, 0.717) is 6.61 Å². The van der Waals surface area contributed by atoms with Crippen LogP contribution in [-0.4, -0.2) is 42.3 Å². The molecule has 90 valence electrons. The lowest BCUT2D eigenvalue weighted by Gasteiger charge is -2.44. The van der Waals surface area contributed by atoms with Crippen molar-refractivity contribution in [1.82, 2.24) is 4.90 Å². The van der Waals surface area contributed by atoms with E-state index in [9.17, 15) is 0 Å². The van der Waals surface area contributed by atoms with Gasteiger partial charge in [0.15, 0.2) is 0 Å². The van der Waals surface area contributed by atoms with Crippen molar-refractivity contribution in [3.8, 4) is 0 Å². The lowest BCUT2D eigenvalue weighted by atomic mass is 9.80. The van der Waals surface area contributed by atoms with Crippen LogP contribution in [0.15, 0.2) is 0 Å². The first kappa shape index (κ1) is 12.9. The van der Waals surface area contributed by atoms with Gasteiger partial charge in [0, 0.05) is 18.7 Å². The van der Waals surface area contributed by atoms with Gasteiger partial charge in [0.2, 0.25) is 0 Å². The Kier molecular flexibility index (Phi) is 5.58. The van der Waals surface area contributed by atoms with E-state index in [1.807, 2.05) is 0 Å². The first-order valence-electron chi connectivity index (χ1n) is 6.27. The van der Waals surface area contributed by atoms with Crippen LogP contribution in [0, 0.1) is 0 Å². The highest BCUT2D eigenvalue weighted by atomic mass is 16.2. The third-order valence-electron chi connectivity index (χ3n) is 3.88. The van der Waals surface area contributed by atoms with Crippen molar-refractivity contribution < 1.29 is 5.11 Å². The molecule has 0 heterocycles. The number of likely N-dealkylation sites (N-methyl/N-ethyl adjacent to an activating group) is 1. The first-order chi connectivity index (χ1) is 7.25. The standard InChI is InChI=1S/C12H26N2O/c1-14(9-5-6-10-15)12(11-13)7-3-2-4-8-12/h15H,2-11,13H2,1H3. The summed E-state index contributed by atoms with van der Waals surface area (Å²) in [4.78, 5) is 2.43. The van der Waals surface area contributed by atoms with Gasteiger partial charge in [0.05, 0.1) is 0 Å². The Labute approximate surface area is 93.6 Å². The maximum atomic E-state index is 8.77. The van der Waals surface area contributed by atoms with Crippen LogP contribution in [0.4, 0.5) is 0 Å². The van der Waals surface area contributed by atoms with Crippen molar-refractivity contribution in [1.29, 1.82) is 0 Å². The highest BCUT2D eigenvalue weighted by Gasteiger charge is 2.33. The molecule has 0 amide bonds. The van der Waals surface area contributed by atoms with Crippen molar-refractivity contribution in [2.45, 2.75) is 50.5 Å². The molecule has 0 saturated heterocycles. The van der Waals surface area contributed by atoms with E-state index in [2.05, 4.69) is 11.9 Å². The normalized spacial score (nSPS) is 20.8. The molecule has 0 atom stereocenters. The molecule has 0 radical (unpaired) electrons. The molecule has 0 aliphatic heterocycles. The summed E-state index contributed by atoms with van der Waals surface area (Å²) in [6.45, 7) is 2.16. The summed E-state index contributed by atoms with van der Waals surface area (Å²) in [5.74, 6) is 0. The van der Waals surface area contributed by atoms with Gasteiger partial charge in [0.25, 0.3) is 0 Å². The van der Waals surface area contributed by atoms with E-state index >= 15 is 0 Å². The molecule has 1 rings (SSSR count). The van der Waals surface area contributed by atoms with Crippen LogP contribution < -0.4 is 5.73 Å². The van der Waals surface area contributed by atoms with Gasteiger partial charge < -0.3 is 10.8 Å². The van der Waals surface area contributed by atoms with Crippen LogP contribution >= 0.6 is 0 Å². The molecule has 3 heteroatoms. The van der Waals surface area contributed by atoms with Crippen LogP contribution in [0.3, 0.4) is 0 Å². The fourth-order valence-electron chi connectivity index (χ4n) is 2.65. The summed E-state index contributed by atoms with van der Waals surface area (Å²) in [7, 11) is 2.19. The molecular formula is C12H26N2O. The number of aliphatic hydroxyl groups is 1. The van der Waals surface area contributed by atoms with Crippen LogP contribution in [0.25, 0.3) is 0 Å². The number of aliphatic hydroxyl groups excluding tert-OH is 1. The maximum absolute atomic E-state index is 8.77. The number of rotatable bonds is 6. The molecule has 1 fully saturated rings. The van der Waals surface area contributed by atoms with E-state index in [4.69, 9.17) is 10.8 Å². The maximum Gasteiger partial charge on any atom is 0.0431 e. The second-order valence-corrected chi connectivity index (χ2v) is 4.84. The Morgan fingerprint density at radius 2 is 1.87 bits per heavy atom. The number of unbranched alkanes of at least 4 members (excludes halogenated alkanes) is 1. The fraction of sp³-hybridized carbons (Fsp3) is 1.00. The van der Waals surface area contributed by atoms with Gasteiger partial charge in [-0.2, -0.15) is 0 Å². The third-order valence-corrected chi connectivity index (χ3v) is 3.88. The Hall–Kier alpha value is -0.120. The average Bonchev–Trinajstić information content (AvgIpc) is 2.30. The number of nitrogens with zero attached hydrogens (tertiary/aromatic N) is 1. The minimum atomic E-state index is 0.258. The second-order valence-electron chi connectivity index (χ2n) is 4.84. The quantitative estimate of drug-likeness (QED) is 0.656. The van der Waals surface area contributed by atoms with Gasteiger partial charge >= 0.3 is 0 Å². The van der Waals surface area contributed by atoms with Crippen molar-refractivity contribution in [3.63, 3.8) is 0 Å². The van der Waals surface area contributed by atoms with E-state index < -0.39 is 0 Å². The van der Waals surface area contributed by atoms with Gasteiger partial charge in [-0.15, -0.1) is 0 Å². The van der Waals surface area contributed by atoms with E-state index in [-0.39, 0.29) is 5.54 Å². The smallest absolute Gasteiger partial charge is 0.0431 e. The summed E-state index contributed by atoms with van der Waals surface area (Å²) in [6, 6.07) is 0. The third kappa shape index (κ3) is 3.44. The van der Waals surface area contributed by atoms with Crippen LogP contribution in [0.2, 0.25) is 0 Å². The summed E-state index contributed by atoms with van der Waals surface area (Å²) < 4.78 is 0. The van der Waals surface area contributed by atoms with Crippen LogP contribution in [-0.2, 0) is 0 Å². The molecular weight excluding hydrogens is 188 g/mol. The summed E-state index contributed by atoms with van der Waals surface area (Å²) >= 11 is 0. The molecule has 1 aliphatic carbocycles. The lowest BCUT2D eigenvalue weighted by molar-refractivity contribution is 0.0795. The van der Waals surface area contributed by atoms with Gasteiger partial charge in [-0.3, -0.25) is 4.90 Å². The summed E-state index contributed by atoms with van der Waals surface area (Å²) in [5, 5.41) is 8.77. The largest absolute Gasteiger partial charge is 0.396 e. The van der Waals surface area contributed by atoms with Gasteiger partial charge in [-0.1, -0.05) is 19.3 Å². The zero-order valence-corrected chi connectivity index (χ0v) is 10.0. The number of hydrogen-bond donors (Lipinski definition) is 2. The Morgan fingerprint density at radius 3 is 2.40 bits per heavy atom. The Balaban J connectivity index is 2.40. The van der Waals surface area contributed by atoms with Gasteiger partial charge in [0.1, 0.15) is 0 Å². The van der Waals surface area contributed by atoms with Crippen LogP contribution in [0.5, 0.6) is 0 Å². The zero-order valence-electron chi connectivity index (χ0n) is 10.0. The molecule has 0 aromatic carbocycles. The van der Waals surface area contributed by atoms with Crippen LogP contribution in [0.1, 0.15) is 44.9 Å². The predicted octanol–water partition coefficient (Wildman–Crippen LogP) is 1.35. The minimum absolute atomic E-state index is 0.258. The molecule has 0 spiro atoms. The van der Waals surface area contributed by atoms with Crippen molar-refractivity contribution in [3.05, 3.63) is 0 Å². The molecule has 0 unspecified atom stereocenters. The monoisotopic (exact) mass is 214 g/mol. The lowest BCUT2D eigenvalue weighted by Crippen LogP contribution is -2.53. The molecule has 1 aliphatic rings.